The Balaban J connectivity index is 0.00000420. The zero-order chi connectivity index (χ0) is 20.4. The van der Waals surface area contributed by atoms with Gasteiger partial charge in [0, 0.05) is 37.1 Å². The minimum Gasteiger partial charge on any atom is -1.00 e. The Kier molecular flexibility index (Phi) is 11.0. The molecule has 0 bridgehead atoms. The van der Waals surface area contributed by atoms with Crippen LogP contribution in [0.25, 0.3) is 0 Å². The van der Waals surface area contributed by atoms with Crippen molar-refractivity contribution in [1.29, 1.82) is 0 Å². The molecule has 0 radical (unpaired) electrons. The fraction of sp³-hybridized carbons (Fsp3) is 0.400. The first-order valence-electron chi connectivity index (χ1n) is 9.28. The zero-order valence-corrected chi connectivity index (χ0v) is 17.6. The van der Waals surface area contributed by atoms with E-state index in [-0.39, 0.29) is 28.6 Å². The SMILES string of the molecule is O=C(CCCCC[n+]1ccccc1)N[C@H](CO)[C@H](O)c1ccc([N+](=O)[O-])cc1.[Br-]. The number of nitrogens with zero attached hydrogens (tertiary/aromatic N) is 2. The van der Waals surface area contributed by atoms with Gasteiger partial charge in [-0.3, -0.25) is 14.9 Å². The van der Waals surface area contributed by atoms with Crippen molar-refractivity contribution in [3.63, 3.8) is 0 Å². The summed E-state index contributed by atoms with van der Waals surface area (Å²) in [7, 11) is 0. The number of aliphatic hydroxyl groups is 2. The van der Waals surface area contributed by atoms with Crippen molar-refractivity contribution in [2.45, 2.75) is 44.4 Å². The van der Waals surface area contributed by atoms with Crippen LogP contribution in [-0.4, -0.2) is 33.7 Å². The van der Waals surface area contributed by atoms with Crippen LogP contribution in [0.1, 0.15) is 37.4 Å². The molecule has 2 rings (SSSR count). The lowest BCUT2D eigenvalue weighted by Crippen LogP contribution is -3.00. The van der Waals surface area contributed by atoms with Gasteiger partial charge in [-0.1, -0.05) is 6.07 Å². The second-order valence-electron chi connectivity index (χ2n) is 6.57. The number of benzene rings is 1. The van der Waals surface area contributed by atoms with Crippen LogP contribution in [0.4, 0.5) is 5.69 Å². The van der Waals surface area contributed by atoms with Crippen LogP contribution in [0.2, 0.25) is 0 Å². The number of hydrogen-bond acceptors (Lipinski definition) is 5. The number of carbonyl (C=O) groups excluding carboxylic acids is 1. The first-order valence-corrected chi connectivity index (χ1v) is 9.28. The lowest BCUT2D eigenvalue weighted by molar-refractivity contribution is -0.697. The quantitative estimate of drug-likeness (QED) is 0.163. The average molecular weight is 468 g/mol. The molecule has 1 amide bonds. The van der Waals surface area contributed by atoms with E-state index in [2.05, 4.69) is 9.88 Å². The Morgan fingerprint density at radius 3 is 2.34 bits per heavy atom. The van der Waals surface area contributed by atoms with Crippen LogP contribution in [0, 0.1) is 10.1 Å². The molecule has 0 spiro atoms. The van der Waals surface area contributed by atoms with Crippen molar-refractivity contribution in [2.24, 2.45) is 0 Å². The van der Waals surface area contributed by atoms with E-state index in [4.69, 9.17) is 0 Å². The van der Waals surface area contributed by atoms with Gasteiger partial charge in [0.15, 0.2) is 12.4 Å². The van der Waals surface area contributed by atoms with E-state index < -0.39 is 23.7 Å². The predicted octanol–water partition coefficient (Wildman–Crippen LogP) is -1.34. The molecule has 29 heavy (non-hydrogen) atoms. The molecule has 0 saturated carbocycles. The van der Waals surface area contributed by atoms with E-state index in [1.165, 1.54) is 24.3 Å². The van der Waals surface area contributed by atoms with Crippen molar-refractivity contribution in [3.05, 3.63) is 70.5 Å². The summed E-state index contributed by atoms with van der Waals surface area (Å²) in [6.45, 7) is 0.453. The zero-order valence-electron chi connectivity index (χ0n) is 16.0. The molecule has 0 fully saturated rings. The maximum absolute atomic E-state index is 12.1. The van der Waals surface area contributed by atoms with Crippen molar-refractivity contribution in [1.82, 2.24) is 5.32 Å². The highest BCUT2D eigenvalue weighted by molar-refractivity contribution is 5.76. The first kappa shape index (κ1) is 24.7. The number of nitro groups is 1. The number of aliphatic hydroxyl groups excluding tert-OH is 2. The summed E-state index contributed by atoms with van der Waals surface area (Å²) in [5, 5.41) is 33.2. The fourth-order valence-electron chi connectivity index (χ4n) is 2.87. The number of unbranched alkanes of at least 4 members (excludes halogenated alkanes) is 2. The maximum atomic E-state index is 12.1. The van der Waals surface area contributed by atoms with Crippen LogP contribution in [0.15, 0.2) is 54.9 Å². The van der Waals surface area contributed by atoms with Gasteiger partial charge in [-0.05, 0) is 30.5 Å². The van der Waals surface area contributed by atoms with Crippen LogP contribution in [0.3, 0.4) is 0 Å². The number of hydrogen-bond donors (Lipinski definition) is 3. The van der Waals surface area contributed by atoms with Gasteiger partial charge >= 0.3 is 0 Å². The predicted molar refractivity (Wildman–Crippen MR) is 102 cm³/mol. The molecule has 0 saturated heterocycles. The van der Waals surface area contributed by atoms with Crippen molar-refractivity contribution in [2.75, 3.05) is 6.61 Å². The summed E-state index contributed by atoms with van der Waals surface area (Å²) in [4.78, 5) is 22.3. The third-order valence-corrected chi connectivity index (χ3v) is 4.47. The third kappa shape index (κ3) is 8.26. The van der Waals surface area contributed by atoms with Crippen LogP contribution in [-0.2, 0) is 11.3 Å². The first-order chi connectivity index (χ1) is 13.5. The molecular formula is C20H26BrN3O5. The molecule has 2 aromatic rings. The smallest absolute Gasteiger partial charge is 0.269 e. The molecule has 3 N–H and O–H groups in total. The van der Waals surface area contributed by atoms with Gasteiger partial charge in [0.1, 0.15) is 12.6 Å². The molecular weight excluding hydrogens is 442 g/mol. The molecule has 0 aliphatic heterocycles. The van der Waals surface area contributed by atoms with Gasteiger partial charge in [0.2, 0.25) is 5.91 Å². The number of carbonyl (C=O) groups is 1. The van der Waals surface area contributed by atoms with Crippen molar-refractivity contribution < 1.29 is 41.5 Å². The van der Waals surface area contributed by atoms with E-state index in [0.29, 0.717) is 18.4 Å². The van der Waals surface area contributed by atoms with Gasteiger partial charge in [0.25, 0.3) is 5.69 Å². The highest BCUT2D eigenvalue weighted by atomic mass is 79.9. The second-order valence-corrected chi connectivity index (χ2v) is 6.57. The number of amides is 1. The third-order valence-electron chi connectivity index (χ3n) is 4.47. The van der Waals surface area contributed by atoms with Gasteiger partial charge in [-0.15, -0.1) is 0 Å². The molecule has 8 nitrogen and oxygen atoms in total. The van der Waals surface area contributed by atoms with Crippen molar-refractivity contribution >= 4 is 11.6 Å². The molecule has 2 atom stereocenters. The Morgan fingerprint density at radius 2 is 1.76 bits per heavy atom. The summed E-state index contributed by atoms with van der Waals surface area (Å²) < 4.78 is 2.09. The molecule has 1 heterocycles. The molecule has 0 unspecified atom stereocenters. The summed E-state index contributed by atoms with van der Waals surface area (Å²) in [5.41, 5.74) is 0.305. The minimum atomic E-state index is -1.15. The second kappa shape index (κ2) is 13.0. The van der Waals surface area contributed by atoms with Gasteiger partial charge in [0.05, 0.1) is 17.6 Å². The number of aryl methyl sites for hydroxylation is 1. The number of nitro benzene ring substituents is 1. The number of rotatable bonds is 11. The molecule has 158 valence electrons. The van der Waals surface area contributed by atoms with E-state index in [0.717, 1.165) is 19.4 Å². The lowest BCUT2D eigenvalue weighted by atomic mass is 10.0. The van der Waals surface area contributed by atoms with E-state index in [9.17, 15) is 25.1 Å². The Labute approximate surface area is 180 Å². The van der Waals surface area contributed by atoms with Crippen molar-refractivity contribution in [3.8, 4) is 0 Å². The van der Waals surface area contributed by atoms with Gasteiger partial charge < -0.3 is 32.5 Å². The molecule has 0 aliphatic rings. The van der Waals surface area contributed by atoms with Gasteiger partial charge in [-0.25, -0.2) is 4.57 Å². The molecule has 1 aromatic carbocycles. The summed E-state index contributed by atoms with van der Waals surface area (Å²) >= 11 is 0. The van der Waals surface area contributed by atoms with E-state index in [1.54, 1.807) is 0 Å². The van der Waals surface area contributed by atoms with Crippen LogP contribution in [0.5, 0.6) is 0 Å². The summed E-state index contributed by atoms with van der Waals surface area (Å²) in [6.07, 6.45) is 5.72. The number of aromatic nitrogens is 1. The van der Waals surface area contributed by atoms with Crippen LogP contribution < -0.4 is 26.9 Å². The number of nitrogens with one attached hydrogen (secondary N) is 1. The van der Waals surface area contributed by atoms with E-state index >= 15 is 0 Å². The summed E-state index contributed by atoms with van der Waals surface area (Å²) in [6, 6.07) is 10.4. The fourth-order valence-corrected chi connectivity index (χ4v) is 2.87. The largest absolute Gasteiger partial charge is 1.00 e. The number of pyridine rings is 1. The maximum Gasteiger partial charge on any atom is 0.269 e. The Hall–Kier alpha value is -2.36. The standard InChI is InChI=1S/C20H25N3O5.BrH/c24-15-18(20(26)16-8-10-17(11-9-16)23(27)28)21-19(25)7-3-1-4-12-22-13-5-2-6-14-22;/h2,5-6,8-11,13-14,18,20,24,26H,1,3-4,7,12,15H2;1H/t18-,20-;/m1./s1. The van der Waals surface area contributed by atoms with E-state index in [1.807, 2.05) is 30.6 Å². The Morgan fingerprint density at radius 1 is 1.10 bits per heavy atom. The number of halogens is 1. The molecule has 0 aliphatic carbocycles. The topological polar surface area (TPSA) is 117 Å². The monoisotopic (exact) mass is 467 g/mol. The minimum absolute atomic E-state index is 0. The highest BCUT2D eigenvalue weighted by Gasteiger charge is 2.22. The van der Waals surface area contributed by atoms with Crippen LogP contribution >= 0.6 is 0 Å². The molecule has 1 aromatic heterocycles. The summed E-state index contributed by atoms with van der Waals surface area (Å²) in [5.74, 6) is -0.243. The highest BCUT2D eigenvalue weighted by Crippen LogP contribution is 2.20. The Bertz CT molecular complexity index is 758. The lowest BCUT2D eigenvalue weighted by Gasteiger charge is -2.22. The average Bonchev–Trinajstić information content (AvgIpc) is 2.72. The molecule has 9 heteroatoms. The van der Waals surface area contributed by atoms with Gasteiger partial charge in [-0.2, -0.15) is 0 Å². The normalized spacial score (nSPS) is 12.5. The number of non-ortho nitro benzene ring substituents is 1.